The Balaban J connectivity index is 1.26. The van der Waals surface area contributed by atoms with Crippen molar-refractivity contribution in [1.29, 1.82) is 0 Å². The maximum absolute atomic E-state index is 12.6. The van der Waals surface area contributed by atoms with Gasteiger partial charge in [-0.25, -0.2) is 4.98 Å². The molecule has 5 nitrogen and oxygen atoms in total. The van der Waals surface area contributed by atoms with Gasteiger partial charge in [0.25, 0.3) is 5.91 Å². The van der Waals surface area contributed by atoms with Crippen molar-refractivity contribution >= 4 is 44.6 Å². The largest absolute Gasteiger partial charge is 0.317 e. The van der Waals surface area contributed by atoms with Gasteiger partial charge in [0.05, 0.1) is 15.6 Å². The van der Waals surface area contributed by atoms with Crippen LogP contribution >= 0.6 is 22.7 Å². The third-order valence-electron chi connectivity index (χ3n) is 5.39. The number of hydrogen-bond donors (Lipinski definition) is 2. The molecule has 0 aliphatic heterocycles. The number of fused-ring (bicyclic) bond motifs is 1. The number of benzene rings is 1. The molecule has 1 saturated carbocycles. The Morgan fingerprint density at radius 1 is 1.00 bits per heavy atom. The Morgan fingerprint density at radius 2 is 1.83 bits per heavy atom. The molecule has 0 saturated heterocycles. The monoisotopic (exact) mass is 423 g/mol. The predicted octanol–water partition coefficient (Wildman–Crippen LogP) is 5.35. The maximum atomic E-state index is 12.6. The van der Waals surface area contributed by atoms with Crippen molar-refractivity contribution in [3.8, 4) is 11.3 Å². The number of nitrogens with zero attached hydrogens (tertiary/aromatic N) is 1. The second-order valence-corrected chi connectivity index (χ2v) is 9.55. The van der Waals surface area contributed by atoms with Crippen LogP contribution in [0.4, 0.5) is 10.1 Å². The second-order valence-electron chi connectivity index (χ2n) is 7.61. The molecule has 148 valence electrons. The van der Waals surface area contributed by atoms with Crippen LogP contribution in [-0.4, -0.2) is 16.8 Å². The fraction of sp³-hybridized carbons (Fsp3) is 0.318. The number of rotatable bonds is 5. The molecule has 0 spiro atoms. The maximum Gasteiger partial charge on any atom is 0.267 e. The van der Waals surface area contributed by atoms with Crippen molar-refractivity contribution in [2.75, 3.05) is 10.6 Å². The van der Waals surface area contributed by atoms with Gasteiger partial charge in [0, 0.05) is 16.9 Å². The number of hydrogen-bond acceptors (Lipinski definition) is 5. The normalized spacial score (nSPS) is 15.6. The predicted molar refractivity (Wildman–Crippen MR) is 118 cm³/mol. The SMILES string of the molecule is O=C(Nc1nc(-c2ccc3c(c2)CCCC3)cs1)c1ccc(NC(=O)C2CC2)s1. The number of anilines is 2. The summed E-state index contributed by atoms with van der Waals surface area (Å²) in [5.41, 5.74) is 4.86. The number of thiazole rings is 1. The highest BCUT2D eigenvalue weighted by molar-refractivity contribution is 7.18. The van der Waals surface area contributed by atoms with Crippen molar-refractivity contribution < 1.29 is 9.59 Å². The van der Waals surface area contributed by atoms with E-state index in [0.717, 1.165) is 36.9 Å². The summed E-state index contributed by atoms with van der Waals surface area (Å²) in [5.74, 6) is -0.00612. The molecule has 2 heterocycles. The van der Waals surface area contributed by atoms with Crippen molar-refractivity contribution in [1.82, 2.24) is 4.98 Å². The van der Waals surface area contributed by atoms with Crippen LogP contribution in [0.15, 0.2) is 35.7 Å². The zero-order valence-electron chi connectivity index (χ0n) is 15.9. The first-order valence-corrected chi connectivity index (χ1v) is 11.6. The van der Waals surface area contributed by atoms with Crippen LogP contribution in [0.25, 0.3) is 11.3 Å². The molecule has 0 radical (unpaired) electrons. The zero-order chi connectivity index (χ0) is 19.8. The molecular formula is C22H21N3O2S2. The van der Waals surface area contributed by atoms with Gasteiger partial charge in [-0.3, -0.25) is 14.9 Å². The number of carbonyl (C=O) groups is 2. The van der Waals surface area contributed by atoms with Gasteiger partial charge in [0.2, 0.25) is 5.91 Å². The Kier molecular flexibility index (Phi) is 4.93. The van der Waals surface area contributed by atoms with Gasteiger partial charge >= 0.3 is 0 Å². The molecule has 2 aromatic heterocycles. The summed E-state index contributed by atoms with van der Waals surface area (Å²) in [6, 6.07) is 10.1. The average molecular weight is 424 g/mol. The van der Waals surface area contributed by atoms with E-state index in [0.29, 0.717) is 15.0 Å². The molecule has 5 rings (SSSR count). The van der Waals surface area contributed by atoms with E-state index in [1.807, 2.05) is 5.38 Å². The van der Waals surface area contributed by atoms with E-state index in [9.17, 15) is 9.59 Å². The lowest BCUT2D eigenvalue weighted by Gasteiger charge is -2.16. The minimum absolute atomic E-state index is 0.0495. The third-order valence-corrected chi connectivity index (χ3v) is 7.15. The van der Waals surface area contributed by atoms with Gasteiger partial charge in [-0.05, 0) is 67.9 Å². The van der Waals surface area contributed by atoms with Crippen LogP contribution in [0.3, 0.4) is 0 Å². The molecule has 3 aromatic rings. The van der Waals surface area contributed by atoms with E-state index >= 15 is 0 Å². The molecule has 1 fully saturated rings. The highest BCUT2D eigenvalue weighted by Gasteiger charge is 2.30. The van der Waals surface area contributed by atoms with E-state index in [2.05, 4.69) is 33.8 Å². The minimum Gasteiger partial charge on any atom is -0.317 e. The van der Waals surface area contributed by atoms with Gasteiger partial charge in [-0.1, -0.05) is 12.1 Å². The first-order valence-electron chi connectivity index (χ1n) is 9.95. The Hall–Kier alpha value is -2.51. The van der Waals surface area contributed by atoms with Crippen LogP contribution in [0.5, 0.6) is 0 Å². The molecule has 2 aliphatic carbocycles. The Labute approximate surface area is 177 Å². The first kappa shape index (κ1) is 18.5. The molecular weight excluding hydrogens is 402 g/mol. The van der Waals surface area contributed by atoms with Crippen molar-refractivity contribution in [3.05, 3.63) is 51.7 Å². The lowest BCUT2D eigenvalue weighted by molar-refractivity contribution is -0.117. The van der Waals surface area contributed by atoms with Gasteiger partial charge in [-0.2, -0.15) is 0 Å². The van der Waals surface area contributed by atoms with Crippen LogP contribution in [0, 0.1) is 5.92 Å². The molecule has 2 aliphatic rings. The molecule has 0 atom stereocenters. The quantitative estimate of drug-likeness (QED) is 0.581. The van der Waals surface area contributed by atoms with Crippen LogP contribution in [-0.2, 0) is 17.6 Å². The Morgan fingerprint density at radius 3 is 2.66 bits per heavy atom. The lowest BCUT2D eigenvalue weighted by Crippen LogP contribution is -2.12. The van der Waals surface area contributed by atoms with Crippen molar-refractivity contribution in [2.45, 2.75) is 38.5 Å². The smallest absolute Gasteiger partial charge is 0.267 e. The standard InChI is InChI=1S/C22H21N3O2S2/c26-20(14-6-7-14)24-19-10-9-18(29-19)21(27)25-22-23-17(12-28-22)16-8-5-13-3-1-2-4-15(13)11-16/h5,8-12,14H,1-4,6-7H2,(H,24,26)(H,23,25,27). The van der Waals surface area contributed by atoms with E-state index < -0.39 is 0 Å². The molecule has 7 heteroatoms. The second kappa shape index (κ2) is 7.72. The summed E-state index contributed by atoms with van der Waals surface area (Å²) in [6.07, 6.45) is 6.74. The molecule has 1 aromatic carbocycles. The van der Waals surface area contributed by atoms with Crippen LogP contribution < -0.4 is 10.6 Å². The van der Waals surface area contributed by atoms with Crippen molar-refractivity contribution in [2.24, 2.45) is 5.92 Å². The first-order chi connectivity index (χ1) is 14.2. The summed E-state index contributed by atoms with van der Waals surface area (Å²) < 4.78 is 0. The summed E-state index contributed by atoms with van der Waals surface area (Å²) in [6.45, 7) is 0. The van der Waals surface area contributed by atoms with Crippen LogP contribution in [0.1, 0.15) is 46.5 Å². The molecule has 29 heavy (non-hydrogen) atoms. The number of amides is 2. The molecule has 2 amide bonds. The van der Waals surface area contributed by atoms with E-state index in [1.54, 1.807) is 12.1 Å². The summed E-state index contributed by atoms with van der Waals surface area (Å²) in [7, 11) is 0. The van der Waals surface area contributed by atoms with Gasteiger partial charge in [0.1, 0.15) is 0 Å². The third kappa shape index (κ3) is 4.11. The summed E-state index contributed by atoms with van der Waals surface area (Å²) in [4.78, 5) is 29.6. The molecule has 0 bridgehead atoms. The summed E-state index contributed by atoms with van der Waals surface area (Å²) >= 11 is 2.71. The molecule has 2 N–H and O–H groups in total. The summed E-state index contributed by atoms with van der Waals surface area (Å²) in [5, 5.41) is 9.03. The topological polar surface area (TPSA) is 71.1 Å². The van der Waals surface area contributed by atoms with Gasteiger partial charge in [0.15, 0.2) is 5.13 Å². The van der Waals surface area contributed by atoms with Gasteiger partial charge in [-0.15, -0.1) is 22.7 Å². The molecule has 0 unspecified atom stereocenters. The van der Waals surface area contributed by atoms with E-state index in [4.69, 9.17) is 0 Å². The number of carbonyl (C=O) groups excluding carboxylic acids is 2. The van der Waals surface area contributed by atoms with Crippen LogP contribution in [0.2, 0.25) is 0 Å². The Bertz CT molecular complexity index is 1080. The minimum atomic E-state index is -0.201. The highest BCUT2D eigenvalue weighted by atomic mass is 32.1. The number of nitrogens with one attached hydrogen (secondary N) is 2. The lowest BCUT2D eigenvalue weighted by atomic mass is 9.90. The highest BCUT2D eigenvalue weighted by Crippen LogP contribution is 2.32. The number of aromatic nitrogens is 1. The van der Waals surface area contributed by atoms with E-state index in [1.165, 1.54) is 46.6 Å². The zero-order valence-corrected chi connectivity index (χ0v) is 17.5. The van der Waals surface area contributed by atoms with Gasteiger partial charge < -0.3 is 5.32 Å². The fourth-order valence-electron chi connectivity index (χ4n) is 3.61. The van der Waals surface area contributed by atoms with Crippen molar-refractivity contribution in [3.63, 3.8) is 0 Å². The number of thiophene rings is 1. The number of aryl methyl sites for hydroxylation is 2. The average Bonchev–Trinajstić information content (AvgIpc) is 3.32. The fourth-order valence-corrected chi connectivity index (χ4v) is 5.13. The van der Waals surface area contributed by atoms with E-state index in [-0.39, 0.29) is 17.7 Å².